The Morgan fingerprint density at radius 3 is 2.62 bits per heavy atom. The third kappa shape index (κ3) is 2.28. The number of aliphatic hydroxyl groups is 1. The molecule has 26 heavy (non-hydrogen) atoms. The third-order valence-corrected chi connectivity index (χ3v) is 6.70. The molecule has 2 aromatic rings. The predicted molar refractivity (Wildman–Crippen MR) is 98.3 cm³/mol. The number of methoxy groups -OCH3 is 1. The first-order valence-corrected chi connectivity index (χ1v) is 9.17. The SMILES string of the molecule is CO[C@@H]1C[C@H](O)C12CCN(C(=O)c1c(C)n(C)c3ccc(O)cc13)CC2. The van der Waals surface area contributed by atoms with E-state index in [1.165, 1.54) is 0 Å². The summed E-state index contributed by atoms with van der Waals surface area (Å²) in [5.74, 6) is 0.159. The van der Waals surface area contributed by atoms with Gasteiger partial charge in [-0.15, -0.1) is 0 Å². The minimum atomic E-state index is -0.332. The van der Waals surface area contributed by atoms with Gasteiger partial charge in [-0.2, -0.15) is 0 Å². The number of piperidine rings is 1. The van der Waals surface area contributed by atoms with Crippen LogP contribution in [0.4, 0.5) is 0 Å². The van der Waals surface area contributed by atoms with Gasteiger partial charge in [-0.1, -0.05) is 0 Å². The highest BCUT2D eigenvalue weighted by Crippen LogP contribution is 2.50. The van der Waals surface area contributed by atoms with Crippen molar-refractivity contribution in [1.29, 1.82) is 0 Å². The first kappa shape index (κ1) is 17.4. The van der Waals surface area contributed by atoms with Crippen molar-refractivity contribution < 1.29 is 19.7 Å². The number of phenols is 1. The lowest BCUT2D eigenvalue weighted by Gasteiger charge is -2.56. The first-order chi connectivity index (χ1) is 12.4. The molecule has 0 unspecified atom stereocenters. The number of aromatic hydroxyl groups is 1. The molecule has 1 aromatic heterocycles. The number of hydrogen-bond donors (Lipinski definition) is 2. The molecule has 140 valence electrons. The highest BCUT2D eigenvalue weighted by atomic mass is 16.5. The zero-order valence-electron chi connectivity index (χ0n) is 15.5. The molecule has 2 fully saturated rings. The Morgan fingerprint density at radius 1 is 1.31 bits per heavy atom. The van der Waals surface area contributed by atoms with Crippen molar-refractivity contribution in [2.45, 2.75) is 38.4 Å². The van der Waals surface area contributed by atoms with Crippen molar-refractivity contribution >= 4 is 16.8 Å². The van der Waals surface area contributed by atoms with E-state index in [1.54, 1.807) is 19.2 Å². The number of carbonyl (C=O) groups excluding carboxylic acids is 1. The lowest BCUT2D eigenvalue weighted by Crippen LogP contribution is -2.62. The predicted octanol–water partition coefficient (Wildman–Crippen LogP) is 2.19. The van der Waals surface area contributed by atoms with E-state index in [1.807, 2.05) is 29.5 Å². The zero-order valence-corrected chi connectivity index (χ0v) is 15.5. The molecule has 1 aliphatic heterocycles. The molecule has 1 saturated carbocycles. The van der Waals surface area contributed by atoms with E-state index in [2.05, 4.69) is 0 Å². The maximum Gasteiger partial charge on any atom is 0.256 e. The standard InChI is InChI=1S/C20H26N2O4/c1-12-18(14-10-13(23)4-5-15(14)21(12)2)19(25)22-8-6-20(7-9-22)16(24)11-17(20)26-3/h4-5,10,16-17,23-24H,6-9,11H2,1-3H3/t16-,17+/m0/s1. The molecule has 6 nitrogen and oxygen atoms in total. The summed E-state index contributed by atoms with van der Waals surface area (Å²) < 4.78 is 7.52. The fraction of sp³-hybridized carbons (Fsp3) is 0.550. The van der Waals surface area contributed by atoms with Crippen LogP contribution in [0.1, 0.15) is 35.3 Å². The van der Waals surface area contributed by atoms with Gasteiger partial charge in [-0.3, -0.25) is 4.79 Å². The monoisotopic (exact) mass is 358 g/mol. The summed E-state index contributed by atoms with van der Waals surface area (Å²) in [7, 11) is 3.63. The summed E-state index contributed by atoms with van der Waals surface area (Å²) in [6.45, 7) is 3.17. The largest absolute Gasteiger partial charge is 0.508 e. The molecule has 6 heteroatoms. The Kier molecular flexibility index (Phi) is 4.00. The molecule has 1 aromatic carbocycles. The lowest BCUT2D eigenvalue weighted by molar-refractivity contribution is -0.199. The average molecular weight is 358 g/mol. The molecular weight excluding hydrogens is 332 g/mol. The van der Waals surface area contributed by atoms with Crippen LogP contribution in [-0.2, 0) is 11.8 Å². The van der Waals surface area contributed by atoms with E-state index in [4.69, 9.17) is 4.74 Å². The van der Waals surface area contributed by atoms with Gasteiger partial charge in [-0.25, -0.2) is 0 Å². The van der Waals surface area contributed by atoms with E-state index in [9.17, 15) is 15.0 Å². The molecule has 1 aliphatic carbocycles. The second kappa shape index (κ2) is 5.99. The Hall–Kier alpha value is -2.05. The number of benzene rings is 1. The number of rotatable bonds is 2. The molecule has 1 saturated heterocycles. The van der Waals surface area contributed by atoms with Crippen molar-refractivity contribution in [3.63, 3.8) is 0 Å². The maximum atomic E-state index is 13.2. The number of amides is 1. The van der Waals surface area contributed by atoms with E-state index < -0.39 is 0 Å². The van der Waals surface area contributed by atoms with Crippen molar-refractivity contribution in [2.24, 2.45) is 12.5 Å². The summed E-state index contributed by atoms with van der Waals surface area (Å²) in [4.78, 5) is 15.1. The number of aromatic nitrogens is 1. The highest BCUT2D eigenvalue weighted by molar-refractivity contribution is 6.08. The Labute approximate surface area is 153 Å². The minimum Gasteiger partial charge on any atom is -0.508 e. The Balaban J connectivity index is 1.61. The summed E-state index contributed by atoms with van der Waals surface area (Å²) in [5, 5.41) is 20.9. The van der Waals surface area contributed by atoms with Crippen LogP contribution in [0.2, 0.25) is 0 Å². The third-order valence-electron chi connectivity index (χ3n) is 6.70. The van der Waals surface area contributed by atoms with Crippen LogP contribution in [0.25, 0.3) is 10.9 Å². The van der Waals surface area contributed by atoms with Gasteiger partial charge in [0.05, 0.1) is 17.8 Å². The number of hydrogen-bond acceptors (Lipinski definition) is 4. The second-order valence-electron chi connectivity index (χ2n) is 7.72. The number of ether oxygens (including phenoxy) is 1. The second-order valence-corrected chi connectivity index (χ2v) is 7.72. The summed E-state index contributed by atoms with van der Waals surface area (Å²) in [6.07, 6.45) is 1.96. The highest BCUT2D eigenvalue weighted by Gasteiger charge is 2.56. The number of aliphatic hydroxyl groups excluding tert-OH is 1. The molecule has 2 aliphatic rings. The molecule has 2 N–H and O–H groups in total. The van der Waals surface area contributed by atoms with Crippen LogP contribution in [0.3, 0.4) is 0 Å². The summed E-state index contributed by atoms with van der Waals surface area (Å²) in [6, 6.07) is 5.15. The Bertz CT molecular complexity index is 864. The maximum absolute atomic E-state index is 13.2. The molecule has 4 rings (SSSR count). The van der Waals surface area contributed by atoms with E-state index >= 15 is 0 Å². The van der Waals surface area contributed by atoms with Crippen molar-refractivity contribution in [3.8, 4) is 5.75 Å². The van der Waals surface area contributed by atoms with Gasteiger partial charge in [0.1, 0.15) is 5.75 Å². The fourth-order valence-corrected chi connectivity index (χ4v) is 4.83. The van der Waals surface area contributed by atoms with Gasteiger partial charge in [0.2, 0.25) is 0 Å². The number of likely N-dealkylation sites (tertiary alicyclic amines) is 1. The minimum absolute atomic E-state index is 0.00340. The molecule has 1 amide bonds. The number of phenolic OH excluding ortho intramolecular Hbond substituents is 1. The van der Waals surface area contributed by atoms with Crippen LogP contribution in [-0.4, -0.2) is 58.0 Å². The van der Waals surface area contributed by atoms with Gasteiger partial charge in [0.25, 0.3) is 5.91 Å². The molecule has 2 heterocycles. The molecule has 0 bridgehead atoms. The number of carbonyl (C=O) groups is 1. The lowest BCUT2D eigenvalue weighted by atomic mass is 9.58. The molecule has 0 radical (unpaired) electrons. The summed E-state index contributed by atoms with van der Waals surface area (Å²) in [5.41, 5.74) is 2.30. The molecule has 2 atom stereocenters. The average Bonchev–Trinajstić information content (AvgIpc) is 2.89. The van der Waals surface area contributed by atoms with E-state index in [0.29, 0.717) is 25.1 Å². The smallest absolute Gasteiger partial charge is 0.256 e. The number of fused-ring (bicyclic) bond motifs is 1. The van der Waals surface area contributed by atoms with Gasteiger partial charge in [-0.05, 0) is 38.0 Å². The van der Waals surface area contributed by atoms with Crippen molar-refractivity contribution in [3.05, 3.63) is 29.5 Å². The molecular formula is C20H26N2O4. The van der Waals surface area contributed by atoms with Crippen LogP contribution < -0.4 is 0 Å². The quantitative estimate of drug-likeness (QED) is 0.863. The molecule has 1 spiro atoms. The van der Waals surface area contributed by atoms with Crippen LogP contribution in [0.5, 0.6) is 5.75 Å². The van der Waals surface area contributed by atoms with Gasteiger partial charge in [0, 0.05) is 55.7 Å². The number of nitrogens with zero attached hydrogens (tertiary/aromatic N) is 2. The van der Waals surface area contributed by atoms with Crippen molar-refractivity contribution in [2.75, 3.05) is 20.2 Å². The van der Waals surface area contributed by atoms with E-state index in [-0.39, 0.29) is 29.3 Å². The van der Waals surface area contributed by atoms with Gasteiger partial charge < -0.3 is 24.4 Å². The first-order valence-electron chi connectivity index (χ1n) is 9.17. The Morgan fingerprint density at radius 2 is 2.00 bits per heavy atom. The van der Waals surface area contributed by atoms with Crippen molar-refractivity contribution in [1.82, 2.24) is 9.47 Å². The van der Waals surface area contributed by atoms with Gasteiger partial charge >= 0.3 is 0 Å². The zero-order chi connectivity index (χ0) is 18.6. The fourth-order valence-electron chi connectivity index (χ4n) is 4.83. The normalized spacial score (nSPS) is 24.8. The van der Waals surface area contributed by atoms with Crippen LogP contribution in [0.15, 0.2) is 18.2 Å². The topological polar surface area (TPSA) is 74.9 Å². The van der Waals surface area contributed by atoms with Crippen LogP contribution in [0, 0.1) is 12.3 Å². The van der Waals surface area contributed by atoms with E-state index in [0.717, 1.165) is 29.4 Å². The number of aryl methyl sites for hydroxylation is 1. The van der Waals surface area contributed by atoms with Crippen LogP contribution >= 0.6 is 0 Å². The van der Waals surface area contributed by atoms with Gasteiger partial charge in [0.15, 0.2) is 0 Å². The summed E-state index contributed by atoms with van der Waals surface area (Å²) >= 11 is 0.